The maximum Gasteiger partial charge on any atom is 0.160 e. The zero-order chi connectivity index (χ0) is 13.3. The molecule has 0 radical (unpaired) electrons. The third kappa shape index (κ3) is 2.83. The number of ether oxygens (including phenoxy) is 1. The molecular formula is C15H25NO2. The van der Waals surface area contributed by atoms with Gasteiger partial charge in [-0.15, -0.1) is 0 Å². The van der Waals surface area contributed by atoms with Crippen molar-refractivity contribution < 1.29 is 9.53 Å². The molecule has 0 saturated carbocycles. The van der Waals surface area contributed by atoms with Crippen LogP contribution in [0.15, 0.2) is 11.1 Å². The van der Waals surface area contributed by atoms with Gasteiger partial charge in [-0.05, 0) is 25.7 Å². The van der Waals surface area contributed by atoms with Gasteiger partial charge in [0, 0.05) is 31.1 Å². The van der Waals surface area contributed by atoms with Crippen molar-refractivity contribution in [3.63, 3.8) is 0 Å². The summed E-state index contributed by atoms with van der Waals surface area (Å²) < 4.78 is 5.38. The van der Waals surface area contributed by atoms with Crippen LogP contribution in [0.5, 0.6) is 0 Å². The number of rotatable bonds is 2. The van der Waals surface area contributed by atoms with Crippen molar-refractivity contribution in [2.24, 2.45) is 5.41 Å². The van der Waals surface area contributed by atoms with Gasteiger partial charge < -0.3 is 4.74 Å². The second-order valence-corrected chi connectivity index (χ2v) is 6.46. The Hall–Kier alpha value is -0.670. The van der Waals surface area contributed by atoms with Gasteiger partial charge in [0.25, 0.3) is 0 Å². The molecule has 1 aliphatic heterocycles. The van der Waals surface area contributed by atoms with Gasteiger partial charge in [-0.2, -0.15) is 0 Å². The average molecular weight is 251 g/mol. The highest BCUT2D eigenvalue weighted by atomic mass is 16.5. The van der Waals surface area contributed by atoms with Crippen molar-refractivity contribution in [3.8, 4) is 0 Å². The largest absolute Gasteiger partial charge is 0.379 e. The maximum absolute atomic E-state index is 12.4. The van der Waals surface area contributed by atoms with Crippen LogP contribution in [0.4, 0.5) is 0 Å². The number of morpholine rings is 1. The Kier molecular flexibility index (Phi) is 3.93. The predicted octanol–water partition coefficient (Wildman–Crippen LogP) is 2.41. The van der Waals surface area contributed by atoms with Crippen molar-refractivity contribution in [2.45, 2.75) is 46.6 Å². The minimum atomic E-state index is 0.134. The first-order valence-corrected chi connectivity index (χ1v) is 6.95. The van der Waals surface area contributed by atoms with Crippen LogP contribution in [0.25, 0.3) is 0 Å². The Morgan fingerprint density at radius 1 is 1.22 bits per heavy atom. The second kappa shape index (κ2) is 5.14. The molecule has 3 heteroatoms. The van der Waals surface area contributed by atoms with Crippen LogP contribution in [-0.4, -0.2) is 43.0 Å². The predicted molar refractivity (Wildman–Crippen MR) is 72.6 cm³/mol. The molecule has 2 rings (SSSR count). The van der Waals surface area contributed by atoms with Gasteiger partial charge in [0.05, 0.1) is 13.2 Å². The number of hydrogen-bond acceptors (Lipinski definition) is 3. The SMILES string of the molecule is CC1=C(C(C)N2CCOCC2)C(=O)CC(C)(C)C1. The summed E-state index contributed by atoms with van der Waals surface area (Å²) in [7, 11) is 0. The van der Waals surface area contributed by atoms with E-state index in [9.17, 15) is 4.79 Å². The maximum atomic E-state index is 12.4. The fraction of sp³-hybridized carbons (Fsp3) is 0.800. The number of nitrogens with zero attached hydrogens (tertiary/aromatic N) is 1. The summed E-state index contributed by atoms with van der Waals surface area (Å²) >= 11 is 0. The van der Waals surface area contributed by atoms with E-state index in [1.807, 2.05) is 0 Å². The van der Waals surface area contributed by atoms with Crippen LogP contribution >= 0.6 is 0 Å². The molecule has 1 atom stereocenters. The highest BCUT2D eigenvalue weighted by Gasteiger charge is 2.35. The van der Waals surface area contributed by atoms with Crippen molar-refractivity contribution in [1.29, 1.82) is 0 Å². The summed E-state index contributed by atoms with van der Waals surface area (Å²) in [5, 5.41) is 0. The highest BCUT2D eigenvalue weighted by Crippen LogP contribution is 2.38. The third-order valence-electron chi connectivity index (χ3n) is 4.15. The van der Waals surface area contributed by atoms with Gasteiger partial charge >= 0.3 is 0 Å². The van der Waals surface area contributed by atoms with Gasteiger partial charge in [0.2, 0.25) is 0 Å². The lowest BCUT2D eigenvalue weighted by molar-refractivity contribution is -0.119. The monoisotopic (exact) mass is 251 g/mol. The summed E-state index contributed by atoms with van der Waals surface area (Å²) in [5.74, 6) is 0.350. The number of Topliss-reactive ketones (excluding diaryl/α,β-unsaturated/α-hetero) is 1. The highest BCUT2D eigenvalue weighted by molar-refractivity contribution is 5.98. The molecule has 0 amide bonds. The van der Waals surface area contributed by atoms with E-state index < -0.39 is 0 Å². The number of hydrogen-bond donors (Lipinski definition) is 0. The standard InChI is InChI=1S/C15H25NO2/c1-11-9-15(3,4)10-13(17)14(11)12(2)16-5-7-18-8-6-16/h12H,5-10H2,1-4H3. The van der Waals surface area contributed by atoms with E-state index in [0.717, 1.165) is 38.3 Å². The normalized spacial score (nSPS) is 27.4. The Balaban J connectivity index is 2.17. The van der Waals surface area contributed by atoms with Gasteiger partial charge in [0.15, 0.2) is 5.78 Å². The first-order chi connectivity index (χ1) is 8.41. The lowest BCUT2D eigenvalue weighted by Gasteiger charge is -2.38. The van der Waals surface area contributed by atoms with Gasteiger partial charge in [-0.1, -0.05) is 19.4 Å². The lowest BCUT2D eigenvalue weighted by Crippen LogP contribution is -2.45. The van der Waals surface area contributed by atoms with Crippen molar-refractivity contribution in [1.82, 2.24) is 4.90 Å². The first-order valence-electron chi connectivity index (χ1n) is 6.95. The van der Waals surface area contributed by atoms with Gasteiger partial charge in [0.1, 0.15) is 0 Å². The van der Waals surface area contributed by atoms with E-state index >= 15 is 0 Å². The molecular weight excluding hydrogens is 226 g/mol. The molecule has 1 aliphatic carbocycles. The number of carbonyl (C=O) groups is 1. The van der Waals surface area contributed by atoms with Crippen molar-refractivity contribution in [3.05, 3.63) is 11.1 Å². The fourth-order valence-corrected chi connectivity index (χ4v) is 3.38. The molecule has 2 aliphatic rings. The number of allylic oxidation sites excluding steroid dienone is 1. The summed E-state index contributed by atoms with van der Waals surface area (Å²) in [5.41, 5.74) is 2.49. The van der Waals surface area contributed by atoms with E-state index in [-0.39, 0.29) is 11.5 Å². The van der Waals surface area contributed by atoms with Crippen LogP contribution < -0.4 is 0 Å². The van der Waals surface area contributed by atoms with Gasteiger partial charge in [-0.25, -0.2) is 0 Å². The fourth-order valence-electron chi connectivity index (χ4n) is 3.38. The molecule has 1 saturated heterocycles. The van der Waals surface area contributed by atoms with E-state index in [2.05, 4.69) is 32.6 Å². The molecule has 1 heterocycles. The minimum absolute atomic E-state index is 0.134. The third-order valence-corrected chi connectivity index (χ3v) is 4.15. The van der Waals surface area contributed by atoms with Crippen LogP contribution in [0, 0.1) is 5.41 Å². The number of ketones is 1. The molecule has 3 nitrogen and oxygen atoms in total. The molecule has 0 N–H and O–H groups in total. The Morgan fingerprint density at radius 2 is 1.83 bits per heavy atom. The molecule has 0 aromatic rings. The van der Waals surface area contributed by atoms with E-state index in [4.69, 9.17) is 4.74 Å². The van der Waals surface area contributed by atoms with Crippen molar-refractivity contribution in [2.75, 3.05) is 26.3 Å². The molecule has 1 unspecified atom stereocenters. The average Bonchev–Trinajstić information content (AvgIpc) is 2.27. The summed E-state index contributed by atoms with van der Waals surface area (Å²) in [6, 6.07) is 0.248. The summed E-state index contributed by atoms with van der Waals surface area (Å²) in [4.78, 5) is 14.8. The molecule has 0 spiro atoms. The molecule has 1 fully saturated rings. The lowest BCUT2D eigenvalue weighted by atomic mass is 9.72. The van der Waals surface area contributed by atoms with Crippen LogP contribution in [0.2, 0.25) is 0 Å². The molecule has 0 aromatic carbocycles. The molecule has 18 heavy (non-hydrogen) atoms. The Morgan fingerprint density at radius 3 is 2.39 bits per heavy atom. The number of carbonyl (C=O) groups excluding carboxylic acids is 1. The first kappa shape index (κ1) is 13.8. The Bertz CT molecular complexity index is 365. The summed E-state index contributed by atoms with van der Waals surface area (Å²) in [6.45, 7) is 12.1. The van der Waals surface area contributed by atoms with Gasteiger partial charge in [-0.3, -0.25) is 9.69 Å². The van der Waals surface area contributed by atoms with Crippen molar-refractivity contribution >= 4 is 5.78 Å². The van der Waals surface area contributed by atoms with Crippen LogP contribution in [-0.2, 0) is 9.53 Å². The van der Waals surface area contributed by atoms with E-state index in [1.165, 1.54) is 5.57 Å². The Labute approximate surface area is 110 Å². The van der Waals surface area contributed by atoms with E-state index in [1.54, 1.807) is 0 Å². The molecule has 0 aromatic heterocycles. The zero-order valence-electron chi connectivity index (χ0n) is 12.1. The second-order valence-electron chi connectivity index (χ2n) is 6.46. The van der Waals surface area contributed by atoms with Crippen LogP contribution in [0.1, 0.15) is 40.5 Å². The minimum Gasteiger partial charge on any atom is -0.379 e. The quantitative estimate of drug-likeness (QED) is 0.755. The smallest absolute Gasteiger partial charge is 0.160 e. The van der Waals surface area contributed by atoms with E-state index in [0.29, 0.717) is 12.2 Å². The van der Waals surface area contributed by atoms with Crippen LogP contribution in [0.3, 0.4) is 0 Å². The summed E-state index contributed by atoms with van der Waals surface area (Å²) in [6.07, 6.45) is 1.73. The molecule has 102 valence electrons. The topological polar surface area (TPSA) is 29.5 Å². The zero-order valence-corrected chi connectivity index (χ0v) is 12.1. The molecule has 0 bridgehead atoms.